The Labute approximate surface area is 390 Å². The van der Waals surface area contributed by atoms with Crippen LogP contribution in [0.1, 0.15) is 64.7 Å². The van der Waals surface area contributed by atoms with E-state index in [-0.39, 0.29) is 12.0 Å². The molecule has 0 radical (unpaired) electrons. The van der Waals surface area contributed by atoms with Gasteiger partial charge in [-0.15, -0.1) is 0 Å². The summed E-state index contributed by atoms with van der Waals surface area (Å²) < 4.78 is 17.8. The molecule has 67 heavy (non-hydrogen) atoms. The third-order valence-corrected chi connectivity index (χ3v) is 12.8. The van der Waals surface area contributed by atoms with Gasteiger partial charge in [-0.3, -0.25) is 0 Å². The summed E-state index contributed by atoms with van der Waals surface area (Å²) in [4.78, 5) is 26.1. The highest BCUT2D eigenvalue weighted by Crippen LogP contribution is 2.45. The fraction of sp³-hybridized carbons (Fsp3) is 0.167. The fourth-order valence-electron chi connectivity index (χ4n) is 9.09. The molecule has 0 amide bonds. The Kier molecular flexibility index (Phi) is 13.2. The highest BCUT2D eigenvalue weighted by molar-refractivity contribution is 5.90. The number of unbranched alkanes of at least 4 members (excludes halogenated alkanes) is 3. The van der Waals surface area contributed by atoms with Crippen LogP contribution in [-0.2, 0) is 25.5 Å². The van der Waals surface area contributed by atoms with Crippen LogP contribution in [0.5, 0.6) is 5.75 Å². The van der Waals surface area contributed by atoms with E-state index >= 15 is 0 Å². The second-order valence-electron chi connectivity index (χ2n) is 17.1. The molecule has 0 aliphatic heterocycles. The molecule has 9 rings (SSSR count). The van der Waals surface area contributed by atoms with E-state index in [1.54, 1.807) is 24.3 Å². The Balaban J connectivity index is 1.12. The number of aliphatic hydroxyl groups is 2. The van der Waals surface area contributed by atoms with Gasteiger partial charge in [0.05, 0.1) is 18.8 Å². The van der Waals surface area contributed by atoms with Crippen LogP contribution in [0.2, 0.25) is 0 Å². The van der Waals surface area contributed by atoms with Crippen molar-refractivity contribution in [2.45, 2.75) is 49.4 Å². The summed E-state index contributed by atoms with van der Waals surface area (Å²) in [5.74, 6) is -0.493. The molecule has 1 unspecified atom stereocenters. The van der Waals surface area contributed by atoms with E-state index in [2.05, 4.69) is 6.58 Å². The van der Waals surface area contributed by atoms with Crippen LogP contribution in [0.3, 0.4) is 0 Å². The molecular formula is C60H52O7. The lowest BCUT2D eigenvalue weighted by Crippen LogP contribution is -2.48. The molecule has 9 aromatic carbocycles. The van der Waals surface area contributed by atoms with Gasteiger partial charge in [0.25, 0.3) is 0 Å². The summed E-state index contributed by atoms with van der Waals surface area (Å²) >= 11 is 0. The number of carbonyl (C=O) groups is 2. The predicted molar refractivity (Wildman–Crippen MR) is 267 cm³/mol. The largest absolute Gasteiger partial charge is 0.494 e. The van der Waals surface area contributed by atoms with Crippen LogP contribution >= 0.6 is 0 Å². The topological polar surface area (TPSA) is 102 Å². The van der Waals surface area contributed by atoms with Crippen LogP contribution < -0.4 is 4.74 Å². The maximum atomic E-state index is 14.8. The van der Waals surface area contributed by atoms with Crippen molar-refractivity contribution in [1.82, 2.24) is 0 Å². The smallest absolute Gasteiger partial charge is 0.338 e. The molecular weight excluding hydrogens is 833 g/mol. The summed E-state index contributed by atoms with van der Waals surface area (Å²) in [5, 5.41) is 35.3. The quantitative estimate of drug-likeness (QED) is 0.0503. The number of ether oxygens (including phenoxy) is 3. The third kappa shape index (κ3) is 9.71. The highest BCUT2D eigenvalue weighted by Gasteiger charge is 2.49. The zero-order valence-corrected chi connectivity index (χ0v) is 37.2. The Bertz CT molecular complexity index is 3050. The minimum Gasteiger partial charge on any atom is -0.494 e. The monoisotopic (exact) mass is 884 g/mol. The number of fused-ring (bicyclic) bond motifs is 4. The van der Waals surface area contributed by atoms with Crippen molar-refractivity contribution in [2.24, 2.45) is 0 Å². The predicted octanol–water partition coefficient (Wildman–Crippen LogP) is 12.8. The number of rotatable bonds is 18. The average Bonchev–Trinajstić information content (AvgIpc) is 3.38. The number of esters is 2. The minimum absolute atomic E-state index is 0.233. The molecule has 7 nitrogen and oxygen atoms in total. The lowest BCUT2D eigenvalue weighted by molar-refractivity contribution is -0.137. The van der Waals surface area contributed by atoms with Gasteiger partial charge >= 0.3 is 11.9 Å². The lowest BCUT2D eigenvalue weighted by Gasteiger charge is -2.41. The number of benzene rings is 9. The van der Waals surface area contributed by atoms with Crippen LogP contribution in [0, 0.1) is 0 Å². The van der Waals surface area contributed by atoms with Crippen LogP contribution in [-0.4, -0.2) is 41.5 Å². The molecule has 9 aromatic rings. The first kappa shape index (κ1) is 44.6. The van der Waals surface area contributed by atoms with E-state index < -0.39 is 29.2 Å². The van der Waals surface area contributed by atoms with Crippen molar-refractivity contribution < 1.29 is 34.0 Å². The van der Waals surface area contributed by atoms with E-state index in [1.165, 1.54) is 0 Å². The van der Waals surface area contributed by atoms with Gasteiger partial charge in [0.2, 0.25) is 0 Å². The maximum Gasteiger partial charge on any atom is 0.338 e. The standard InChI is InChI=1S/C60H52O7/c1-2-57(61)66-36-14-4-3-13-35-65-55-33-27-46(28-34-55)58(62)67-56(60(64,53-31-25-44-17-7-11-21-49(44)39-53)54-32-26-45-18-8-12-22-50(45)40-54)41-59(63,51-29-23-42-15-5-9-19-47(42)37-51)52-30-24-43-16-6-10-20-48(43)38-52/h2,5-12,15-34,37-40,56,63-64H,1,3-4,13-14,35-36,41H2. The van der Waals surface area contributed by atoms with E-state index in [1.807, 2.05) is 170 Å². The summed E-state index contributed by atoms with van der Waals surface area (Å²) in [5.41, 5.74) is -1.37. The van der Waals surface area contributed by atoms with Gasteiger partial charge in [0.1, 0.15) is 17.5 Å². The van der Waals surface area contributed by atoms with E-state index in [9.17, 15) is 19.8 Å². The van der Waals surface area contributed by atoms with E-state index in [0.717, 1.165) is 74.8 Å². The molecule has 334 valence electrons. The molecule has 0 heterocycles. The zero-order valence-electron chi connectivity index (χ0n) is 37.2. The van der Waals surface area contributed by atoms with Gasteiger partial charge in [0, 0.05) is 12.5 Å². The zero-order chi connectivity index (χ0) is 46.2. The second kappa shape index (κ2) is 19.9. The Morgan fingerprint density at radius 3 is 1.34 bits per heavy atom. The second-order valence-corrected chi connectivity index (χ2v) is 17.1. The minimum atomic E-state index is -2.00. The first-order valence-electron chi connectivity index (χ1n) is 22.9. The molecule has 2 N–H and O–H groups in total. The van der Waals surface area contributed by atoms with Crippen molar-refractivity contribution >= 4 is 55.0 Å². The van der Waals surface area contributed by atoms with Crippen LogP contribution in [0.4, 0.5) is 0 Å². The van der Waals surface area contributed by atoms with Gasteiger partial charge in [-0.2, -0.15) is 0 Å². The van der Waals surface area contributed by atoms with Crippen molar-refractivity contribution in [3.8, 4) is 5.75 Å². The SMILES string of the molecule is C=CC(=O)OCCCCCCOc1ccc(C(=O)OC(CC(O)(c2ccc3ccccc3c2)c2ccc3ccccc3c2)C(O)(c2ccc3ccccc3c2)c2ccc3ccccc3c2)cc1. The van der Waals surface area contributed by atoms with Crippen molar-refractivity contribution in [1.29, 1.82) is 0 Å². The molecule has 0 aliphatic rings. The molecule has 0 bridgehead atoms. The van der Waals surface area contributed by atoms with Gasteiger partial charge < -0.3 is 24.4 Å². The molecule has 0 aliphatic carbocycles. The van der Waals surface area contributed by atoms with Crippen LogP contribution in [0.25, 0.3) is 43.1 Å². The summed E-state index contributed by atoms with van der Waals surface area (Å²) in [6.07, 6.45) is 2.91. The van der Waals surface area contributed by atoms with Crippen molar-refractivity contribution in [3.63, 3.8) is 0 Å². The molecule has 0 aromatic heterocycles. The summed E-state index contributed by atoms with van der Waals surface area (Å²) in [6, 6.07) is 62.0. The Morgan fingerprint density at radius 1 is 0.493 bits per heavy atom. The molecule has 7 heteroatoms. The number of carbonyl (C=O) groups excluding carboxylic acids is 2. The van der Waals surface area contributed by atoms with E-state index in [4.69, 9.17) is 14.2 Å². The van der Waals surface area contributed by atoms with E-state index in [0.29, 0.717) is 41.2 Å². The fourth-order valence-corrected chi connectivity index (χ4v) is 9.09. The van der Waals surface area contributed by atoms with Crippen molar-refractivity contribution in [2.75, 3.05) is 13.2 Å². The first-order valence-corrected chi connectivity index (χ1v) is 22.9. The number of hydrogen-bond donors (Lipinski definition) is 2. The van der Waals surface area contributed by atoms with Gasteiger partial charge in [0.15, 0.2) is 5.60 Å². The average molecular weight is 885 g/mol. The molecule has 0 spiro atoms. The third-order valence-electron chi connectivity index (χ3n) is 12.8. The van der Waals surface area contributed by atoms with Crippen molar-refractivity contribution in [3.05, 3.63) is 235 Å². The normalized spacial score (nSPS) is 12.3. The molecule has 0 saturated carbocycles. The molecule has 0 fully saturated rings. The highest BCUT2D eigenvalue weighted by atomic mass is 16.6. The summed E-state index contributed by atoms with van der Waals surface area (Å²) in [7, 11) is 0. The van der Waals surface area contributed by atoms with Gasteiger partial charge in [-0.05, 0) is 140 Å². The lowest BCUT2D eigenvalue weighted by atomic mass is 9.73. The van der Waals surface area contributed by atoms with Gasteiger partial charge in [-0.1, -0.05) is 152 Å². The molecule has 1 atom stereocenters. The Hall–Kier alpha value is -7.58. The van der Waals surface area contributed by atoms with Gasteiger partial charge in [-0.25, -0.2) is 9.59 Å². The summed E-state index contributed by atoms with van der Waals surface area (Å²) in [6.45, 7) is 4.25. The molecule has 0 saturated heterocycles. The first-order chi connectivity index (χ1) is 32.7. The number of hydrogen-bond acceptors (Lipinski definition) is 7. The van der Waals surface area contributed by atoms with Crippen LogP contribution in [0.15, 0.2) is 207 Å². The maximum absolute atomic E-state index is 14.8. The Morgan fingerprint density at radius 2 is 0.896 bits per heavy atom.